The van der Waals surface area contributed by atoms with Crippen LogP contribution >= 0.6 is 55.1 Å². The SMILES string of the molecule is O=C(NCCc1c[nH]c2ccc(Br)cc12)Nc1cc(Cl)c(Br)c(Cl)c1. The lowest BCUT2D eigenvalue weighted by Gasteiger charge is -2.09. The Bertz CT molecular complexity index is 920. The smallest absolute Gasteiger partial charge is 0.319 e. The van der Waals surface area contributed by atoms with Crippen molar-refractivity contribution < 1.29 is 4.79 Å². The summed E-state index contributed by atoms with van der Waals surface area (Å²) in [5, 5.41) is 7.57. The van der Waals surface area contributed by atoms with Crippen molar-refractivity contribution in [1.29, 1.82) is 0 Å². The lowest BCUT2D eigenvalue weighted by molar-refractivity contribution is 0.252. The quantitative estimate of drug-likeness (QED) is 0.355. The third-order valence-electron chi connectivity index (χ3n) is 3.65. The van der Waals surface area contributed by atoms with Crippen molar-refractivity contribution in [3.8, 4) is 0 Å². The third-order valence-corrected chi connectivity index (χ3v) is 6.05. The number of amides is 2. The first kappa shape index (κ1) is 18.6. The van der Waals surface area contributed by atoms with Crippen molar-refractivity contribution in [2.24, 2.45) is 0 Å². The molecule has 3 rings (SSSR count). The molecule has 4 nitrogen and oxygen atoms in total. The van der Waals surface area contributed by atoms with Crippen molar-refractivity contribution >= 4 is 77.7 Å². The van der Waals surface area contributed by atoms with Gasteiger partial charge in [-0.15, -0.1) is 0 Å². The molecule has 0 spiro atoms. The van der Waals surface area contributed by atoms with E-state index in [1.807, 2.05) is 18.3 Å². The normalized spacial score (nSPS) is 10.9. The number of carbonyl (C=O) groups is 1. The lowest BCUT2D eigenvalue weighted by Crippen LogP contribution is -2.30. The molecule has 2 aromatic carbocycles. The van der Waals surface area contributed by atoms with E-state index in [-0.39, 0.29) is 6.03 Å². The van der Waals surface area contributed by atoms with Gasteiger partial charge >= 0.3 is 6.03 Å². The highest BCUT2D eigenvalue weighted by atomic mass is 79.9. The largest absolute Gasteiger partial charge is 0.361 e. The second-order valence-corrected chi connectivity index (χ2v) is 7.91. The minimum absolute atomic E-state index is 0.310. The van der Waals surface area contributed by atoms with Crippen molar-refractivity contribution in [2.45, 2.75) is 6.42 Å². The van der Waals surface area contributed by atoms with E-state index in [2.05, 4.69) is 53.5 Å². The average Bonchev–Trinajstić information content (AvgIpc) is 2.95. The van der Waals surface area contributed by atoms with Gasteiger partial charge in [0.25, 0.3) is 0 Å². The van der Waals surface area contributed by atoms with Crippen LogP contribution in [0.1, 0.15) is 5.56 Å². The molecule has 1 aromatic heterocycles. The molecule has 25 heavy (non-hydrogen) atoms. The number of halogens is 4. The number of hydrogen-bond donors (Lipinski definition) is 3. The first-order valence-corrected chi connectivity index (χ1v) is 9.73. The molecule has 0 radical (unpaired) electrons. The molecular formula is C17H13Br2Cl2N3O. The van der Waals surface area contributed by atoms with Crippen LogP contribution in [0.3, 0.4) is 0 Å². The highest BCUT2D eigenvalue weighted by molar-refractivity contribution is 9.10. The Kier molecular flexibility index (Phi) is 5.94. The number of hydrogen-bond acceptors (Lipinski definition) is 1. The van der Waals surface area contributed by atoms with Gasteiger partial charge in [-0.2, -0.15) is 0 Å². The average molecular weight is 506 g/mol. The number of benzene rings is 2. The van der Waals surface area contributed by atoms with Gasteiger partial charge in [-0.05, 0) is 58.2 Å². The summed E-state index contributed by atoms with van der Waals surface area (Å²) in [6.07, 6.45) is 2.68. The van der Waals surface area contributed by atoms with E-state index in [0.29, 0.717) is 33.2 Å². The van der Waals surface area contributed by atoms with E-state index in [4.69, 9.17) is 23.2 Å². The Morgan fingerprint density at radius 2 is 1.84 bits per heavy atom. The molecule has 0 unspecified atom stereocenters. The summed E-state index contributed by atoms with van der Waals surface area (Å²) in [5.41, 5.74) is 2.75. The summed E-state index contributed by atoms with van der Waals surface area (Å²) in [6.45, 7) is 0.503. The summed E-state index contributed by atoms with van der Waals surface area (Å²) < 4.78 is 1.63. The summed E-state index contributed by atoms with van der Waals surface area (Å²) in [4.78, 5) is 15.3. The molecule has 0 bridgehead atoms. The van der Waals surface area contributed by atoms with Gasteiger partial charge in [-0.3, -0.25) is 0 Å². The topological polar surface area (TPSA) is 56.9 Å². The molecule has 0 saturated heterocycles. The van der Waals surface area contributed by atoms with E-state index in [9.17, 15) is 4.79 Å². The van der Waals surface area contributed by atoms with Crippen LogP contribution in [-0.4, -0.2) is 17.6 Å². The number of carbonyl (C=O) groups excluding carboxylic acids is 1. The first-order chi connectivity index (χ1) is 11.9. The van der Waals surface area contributed by atoms with Gasteiger partial charge in [0.2, 0.25) is 0 Å². The van der Waals surface area contributed by atoms with Gasteiger partial charge in [0.05, 0.1) is 14.5 Å². The van der Waals surface area contributed by atoms with Gasteiger partial charge in [0, 0.05) is 33.8 Å². The van der Waals surface area contributed by atoms with Gasteiger partial charge in [-0.25, -0.2) is 4.79 Å². The molecule has 0 saturated carbocycles. The molecule has 0 aliphatic carbocycles. The van der Waals surface area contributed by atoms with Crippen molar-refractivity contribution in [1.82, 2.24) is 10.3 Å². The second-order valence-electron chi connectivity index (χ2n) is 5.39. The molecule has 0 aliphatic heterocycles. The van der Waals surface area contributed by atoms with E-state index in [1.54, 1.807) is 12.1 Å². The molecule has 0 aliphatic rings. The maximum atomic E-state index is 12.0. The number of fused-ring (bicyclic) bond motifs is 1. The number of aromatic nitrogens is 1. The molecule has 0 atom stereocenters. The van der Waals surface area contributed by atoms with E-state index in [1.165, 1.54) is 0 Å². The van der Waals surface area contributed by atoms with Crippen LogP contribution in [0.5, 0.6) is 0 Å². The van der Waals surface area contributed by atoms with Crippen LogP contribution in [0.15, 0.2) is 45.5 Å². The van der Waals surface area contributed by atoms with Crippen LogP contribution in [-0.2, 0) is 6.42 Å². The maximum Gasteiger partial charge on any atom is 0.319 e. The highest BCUT2D eigenvalue weighted by Crippen LogP contribution is 2.33. The van der Waals surface area contributed by atoms with E-state index in [0.717, 1.165) is 20.9 Å². The van der Waals surface area contributed by atoms with Crippen LogP contribution in [0.25, 0.3) is 10.9 Å². The number of nitrogens with one attached hydrogen (secondary N) is 3. The highest BCUT2D eigenvalue weighted by Gasteiger charge is 2.09. The Balaban J connectivity index is 1.58. The summed E-state index contributed by atoms with van der Waals surface area (Å²) >= 11 is 18.8. The zero-order valence-corrected chi connectivity index (χ0v) is 17.5. The number of rotatable bonds is 4. The molecule has 3 N–H and O–H groups in total. The molecule has 130 valence electrons. The van der Waals surface area contributed by atoms with Crippen molar-refractivity contribution in [3.63, 3.8) is 0 Å². The Morgan fingerprint density at radius 3 is 2.56 bits per heavy atom. The van der Waals surface area contributed by atoms with Gasteiger partial charge in [0.1, 0.15) is 0 Å². The van der Waals surface area contributed by atoms with Crippen LogP contribution < -0.4 is 10.6 Å². The molecule has 8 heteroatoms. The van der Waals surface area contributed by atoms with Gasteiger partial charge < -0.3 is 15.6 Å². The number of H-pyrrole nitrogens is 1. The number of anilines is 1. The van der Waals surface area contributed by atoms with Crippen LogP contribution in [0.4, 0.5) is 10.5 Å². The molecule has 3 aromatic rings. The fraction of sp³-hybridized carbons (Fsp3) is 0.118. The minimum atomic E-state index is -0.310. The molecule has 1 heterocycles. The summed E-state index contributed by atoms with van der Waals surface area (Å²) in [6, 6.07) is 9.03. The Hall–Kier alpha value is -1.21. The fourth-order valence-corrected chi connectivity index (χ4v) is 3.55. The summed E-state index contributed by atoms with van der Waals surface area (Å²) in [7, 11) is 0. The molecule has 2 amide bonds. The van der Waals surface area contributed by atoms with E-state index < -0.39 is 0 Å². The fourth-order valence-electron chi connectivity index (χ4n) is 2.47. The predicted octanol–water partition coefficient (Wildman–Crippen LogP) is 6.36. The first-order valence-electron chi connectivity index (χ1n) is 7.39. The Labute approximate surface area is 171 Å². The third kappa shape index (κ3) is 4.50. The molecular weight excluding hydrogens is 493 g/mol. The van der Waals surface area contributed by atoms with Gasteiger partial charge in [0.15, 0.2) is 0 Å². The summed E-state index contributed by atoms with van der Waals surface area (Å²) in [5.74, 6) is 0. The monoisotopic (exact) mass is 503 g/mol. The van der Waals surface area contributed by atoms with Crippen LogP contribution in [0.2, 0.25) is 10.0 Å². The second kappa shape index (κ2) is 7.99. The zero-order chi connectivity index (χ0) is 18.0. The zero-order valence-electron chi connectivity index (χ0n) is 12.8. The van der Waals surface area contributed by atoms with Crippen molar-refractivity contribution in [2.75, 3.05) is 11.9 Å². The lowest BCUT2D eigenvalue weighted by atomic mass is 10.1. The number of aromatic amines is 1. The Morgan fingerprint density at radius 1 is 1.12 bits per heavy atom. The van der Waals surface area contributed by atoms with Crippen LogP contribution in [0, 0.1) is 0 Å². The molecule has 0 fully saturated rings. The number of urea groups is 1. The van der Waals surface area contributed by atoms with Gasteiger partial charge in [-0.1, -0.05) is 39.1 Å². The predicted molar refractivity (Wildman–Crippen MR) is 111 cm³/mol. The van der Waals surface area contributed by atoms with E-state index >= 15 is 0 Å². The minimum Gasteiger partial charge on any atom is -0.361 e. The maximum absolute atomic E-state index is 12.0. The standard InChI is InChI=1S/C17H13Br2Cl2N3O/c18-10-1-2-15-12(5-10)9(8-23-15)3-4-22-17(25)24-11-6-13(20)16(19)14(21)7-11/h1-2,5-8,23H,3-4H2,(H2,22,24,25). The van der Waals surface area contributed by atoms with Crippen molar-refractivity contribution in [3.05, 3.63) is 61.1 Å².